The number of carbonyl (C=O) groups is 1. The topological polar surface area (TPSA) is 75.4 Å². The number of nitrogens with zero attached hydrogens (tertiary/aromatic N) is 4. The number of fused-ring (bicyclic) bond motifs is 1. The number of carbonyl (C=O) groups excluding carboxylic acids is 1. The van der Waals surface area contributed by atoms with Crippen molar-refractivity contribution in [1.29, 1.82) is 0 Å². The second-order valence-electron chi connectivity index (χ2n) is 8.65. The van der Waals surface area contributed by atoms with Crippen molar-refractivity contribution >= 4 is 23.3 Å². The Kier molecular flexibility index (Phi) is 5.49. The van der Waals surface area contributed by atoms with Crippen LogP contribution >= 0.6 is 11.6 Å². The molecule has 0 spiro atoms. The summed E-state index contributed by atoms with van der Waals surface area (Å²) >= 11 is 5.93. The summed E-state index contributed by atoms with van der Waals surface area (Å²) in [5, 5.41) is 0.684. The molecule has 154 valence electrons. The van der Waals surface area contributed by atoms with Crippen molar-refractivity contribution in [3.8, 4) is 0 Å². The van der Waals surface area contributed by atoms with Gasteiger partial charge >= 0.3 is 0 Å². The van der Waals surface area contributed by atoms with Crippen LogP contribution in [0.5, 0.6) is 0 Å². The molecule has 1 aliphatic heterocycles. The zero-order chi connectivity index (χ0) is 20.6. The fraction of sp³-hybridized carbons (Fsp3) is 0.500. The minimum atomic E-state index is -0.537. The van der Waals surface area contributed by atoms with Crippen molar-refractivity contribution in [3.63, 3.8) is 0 Å². The van der Waals surface area contributed by atoms with Crippen LogP contribution in [0.25, 0.3) is 0 Å². The molecule has 0 bridgehead atoms. The second kappa shape index (κ2) is 7.92. The third-order valence-electron chi connectivity index (χ3n) is 6.15. The van der Waals surface area contributed by atoms with E-state index >= 15 is 0 Å². The molecule has 6 nitrogen and oxygen atoms in total. The van der Waals surface area contributed by atoms with Gasteiger partial charge in [-0.2, -0.15) is 0 Å². The highest BCUT2D eigenvalue weighted by Crippen LogP contribution is 2.42. The van der Waals surface area contributed by atoms with Gasteiger partial charge in [-0.05, 0) is 42.4 Å². The number of hydrogen-bond acceptors (Lipinski definition) is 5. The summed E-state index contributed by atoms with van der Waals surface area (Å²) in [5.74, 6) is 1.04. The van der Waals surface area contributed by atoms with Crippen molar-refractivity contribution in [2.45, 2.75) is 44.6 Å². The Morgan fingerprint density at radius 1 is 1.17 bits per heavy atom. The standard InChI is InChI=1S/C22H28ClN5O/c1-22(2)8-7-18-19(22)20(26-14-25-18)27-9-11-28(12-10-27)21(29)17(24)13-15-3-5-16(23)6-4-15/h3-6,14,17H,7-13,24H2,1-2H3. The summed E-state index contributed by atoms with van der Waals surface area (Å²) in [5.41, 5.74) is 9.78. The van der Waals surface area contributed by atoms with Crippen LogP contribution in [0.3, 0.4) is 0 Å². The predicted octanol–water partition coefficient (Wildman–Crippen LogP) is 2.57. The molecule has 1 unspecified atom stereocenters. The highest BCUT2D eigenvalue weighted by Gasteiger charge is 2.36. The number of nitrogens with two attached hydrogens (primary N) is 1. The van der Waals surface area contributed by atoms with Crippen LogP contribution in [0.1, 0.15) is 37.1 Å². The highest BCUT2D eigenvalue weighted by atomic mass is 35.5. The Hall–Kier alpha value is -2.18. The van der Waals surface area contributed by atoms with Crippen LogP contribution in [0.4, 0.5) is 5.82 Å². The van der Waals surface area contributed by atoms with E-state index in [9.17, 15) is 4.79 Å². The lowest BCUT2D eigenvalue weighted by molar-refractivity contribution is -0.132. The maximum atomic E-state index is 12.8. The van der Waals surface area contributed by atoms with Gasteiger partial charge in [-0.25, -0.2) is 9.97 Å². The largest absolute Gasteiger partial charge is 0.353 e. The molecule has 0 radical (unpaired) electrons. The fourth-order valence-corrected chi connectivity index (χ4v) is 4.55. The van der Waals surface area contributed by atoms with Gasteiger partial charge < -0.3 is 15.5 Å². The van der Waals surface area contributed by atoms with Crippen molar-refractivity contribution in [2.24, 2.45) is 5.73 Å². The monoisotopic (exact) mass is 413 g/mol. The maximum Gasteiger partial charge on any atom is 0.239 e. The Morgan fingerprint density at radius 2 is 1.86 bits per heavy atom. The average molecular weight is 414 g/mol. The lowest BCUT2D eigenvalue weighted by Crippen LogP contribution is -2.54. The molecule has 2 heterocycles. The number of halogens is 1. The molecule has 29 heavy (non-hydrogen) atoms. The molecule has 1 amide bonds. The van der Waals surface area contributed by atoms with E-state index in [4.69, 9.17) is 17.3 Å². The van der Waals surface area contributed by atoms with Gasteiger partial charge in [0.25, 0.3) is 0 Å². The first-order valence-corrected chi connectivity index (χ1v) is 10.6. The predicted molar refractivity (Wildman–Crippen MR) is 115 cm³/mol. The first kappa shape index (κ1) is 20.1. The Balaban J connectivity index is 1.39. The molecule has 2 aliphatic rings. The van der Waals surface area contributed by atoms with E-state index in [1.165, 1.54) is 11.3 Å². The Bertz CT molecular complexity index is 891. The molecule has 1 aliphatic carbocycles. The summed E-state index contributed by atoms with van der Waals surface area (Å²) in [6.07, 6.45) is 4.31. The molecule has 2 aromatic rings. The van der Waals surface area contributed by atoms with Gasteiger partial charge in [0, 0.05) is 42.5 Å². The smallest absolute Gasteiger partial charge is 0.239 e. The number of amides is 1. The third kappa shape index (κ3) is 4.09. The molecule has 1 fully saturated rings. The number of rotatable bonds is 4. The van der Waals surface area contributed by atoms with E-state index < -0.39 is 6.04 Å². The van der Waals surface area contributed by atoms with Gasteiger partial charge in [0.05, 0.1) is 6.04 Å². The molecule has 4 rings (SSSR count). The van der Waals surface area contributed by atoms with Crippen molar-refractivity contribution in [2.75, 3.05) is 31.1 Å². The van der Waals surface area contributed by atoms with Gasteiger partial charge in [-0.3, -0.25) is 4.79 Å². The molecular weight excluding hydrogens is 386 g/mol. The summed E-state index contributed by atoms with van der Waals surface area (Å²) < 4.78 is 0. The fourth-order valence-electron chi connectivity index (χ4n) is 4.42. The van der Waals surface area contributed by atoms with Gasteiger partial charge in [-0.1, -0.05) is 37.6 Å². The Morgan fingerprint density at radius 3 is 2.55 bits per heavy atom. The third-order valence-corrected chi connectivity index (χ3v) is 6.40. The van der Waals surface area contributed by atoms with Crippen LogP contribution in [0.2, 0.25) is 5.02 Å². The Labute approximate surface area is 177 Å². The molecule has 1 saturated heterocycles. The number of hydrogen-bond donors (Lipinski definition) is 1. The summed E-state index contributed by atoms with van der Waals surface area (Å²) in [4.78, 5) is 26.1. The van der Waals surface area contributed by atoms with E-state index in [2.05, 4.69) is 28.7 Å². The van der Waals surface area contributed by atoms with Crippen LogP contribution < -0.4 is 10.6 Å². The van der Waals surface area contributed by atoms with Crippen LogP contribution in [0.15, 0.2) is 30.6 Å². The summed E-state index contributed by atoms with van der Waals surface area (Å²) in [7, 11) is 0. The minimum Gasteiger partial charge on any atom is -0.353 e. The molecule has 1 atom stereocenters. The van der Waals surface area contributed by atoms with E-state index in [1.54, 1.807) is 6.33 Å². The van der Waals surface area contributed by atoms with Gasteiger partial charge in [0.1, 0.15) is 12.1 Å². The van der Waals surface area contributed by atoms with E-state index in [0.29, 0.717) is 24.5 Å². The van der Waals surface area contributed by atoms with Gasteiger partial charge in [0.15, 0.2) is 0 Å². The van der Waals surface area contributed by atoms with E-state index in [-0.39, 0.29) is 11.3 Å². The van der Waals surface area contributed by atoms with Crippen molar-refractivity contribution in [3.05, 3.63) is 52.4 Å². The number of aryl methyl sites for hydroxylation is 1. The van der Waals surface area contributed by atoms with Gasteiger partial charge in [-0.15, -0.1) is 0 Å². The SMILES string of the molecule is CC1(C)CCc2ncnc(N3CCN(C(=O)C(N)Cc4ccc(Cl)cc4)CC3)c21. The number of aromatic nitrogens is 2. The molecule has 2 N–H and O–H groups in total. The lowest BCUT2D eigenvalue weighted by Gasteiger charge is -2.38. The van der Waals surface area contributed by atoms with Crippen LogP contribution in [-0.2, 0) is 23.1 Å². The molecule has 0 saturated carbocycles. The van der Waals surface area contributed by atoms with Crippen molar-refractivity contribution in [1.82, 2.24) is 14.9 Å². The van der Waals surface area contributed by atoms with E-state index in [0.717, 1.165) is 37.3 Å². The molecule has 1 aromatic carbocycles. The average Bonchev–Trinajstić information content (AvgIpc) is 3.04. The normalized spacial score (nSPS) is 19.2. The zero-order valence-electron chi connectivity index (χ0n) is 17.1. The van der Waals surface area contributed by atoms with Crippen LogP contribution in [0, 0.1) is 0 Å². The van der Waals surface area contributed by atoms with Crippen molar-refractivity contribution < 1.29 is 4.79 Å². The minimum absolute atomic E-state index is 0.00727. The first-order chi connectivity index (χ1) is 13.8. The van der Waals surface area contributed by atoms with E-state index in [1.807, 2.05) is 29.2 Å². The molecule has 7 heteroatoms. The summed E-state index contributed by atoms with van der Waals surface area (Å²) in [6, 6.07) is 6.96. The lowest BCUT2D eigenvalue weighted by atomic mass is 9.87. The summed E-state index contributed by atoms with van der Waals surface area (Å²) in [6.45, 7) is 7.37. The first-order valence-electron chi connectivity index (χ1n) is 10.2. The molecular formula is C22H28ClN5O. The number of piperazine rings is 1. The molecule has 1 aromatic heterocycles. The zero-order valence-corrected chi connectivity index (χ0v) is 17.8. The van der Waals surface area contributed by atoms with Gasteiger partial charge in [0.2, 0.25) is 5.91 Å². The number of anilines is 1. The maximum absolute atomic E-state index is 12.8. The number of benzene rings is 1. The second-order valence-corrected chi connectivity index (χ2v) is 9.09. The quantitative estimate of drug-likeness (QED) is 0.833. The van der Waals surface area contributed by atoms with Crippen LogP contribution in [-0.4, -0.2) is 53.0 Å². The highest BCUT2D eigenvalue weighted by molar-refractivity contribution is 6.30.